The van der Waals surface area contributed by atoms with E-state index >= 15 is 0 Å². The molecule has 21 heavy (non-hydrogen) atoms. The van der Waals surface area contributed by atoms with E-state index in [9.17, 15) is 8.42 Å². The van der Waals surface area contributed by atoms with E-state index in [0.29, 0.717) is 23.9 Å². The lowest BCUT2D eigenvalue weighted by molar-refractivity contribution is 0.326. The van der Waals surface area contributed by atoms with Crippen LogP contribution in [0.15, 0.2) is 29.2 Å². The summed E-state index contributed by atoms with van der Waals surface area (Å²) in [7, 11) is -3.38. The third-order valence-electron chi connectivity index (χ3n) is 4.07. The number of sulfonamides is 1. The summed E-state index contributed by atoms with van der Waals surface area (Å²) in [4.78, 5) is 0.442. The molecule has 0 N–H and O–H groups in total. The first-order valence-electron chi connectivity index (χ1n) is 8.03. The number of hydrogen-bond donors (Lipinski definition) is 0. The molecule has 0 radical (unpaired) electrons. The predicted molar refractivity (Wildman–Crippen MR) is 88.9 cm³/mol. The number of rotatable bonds is 9. The molecule has 0 bridgehead atoms. The molecule has 0 fully saturated rings. The van der Waals surface area contributed by atoms with Gasteiger partial charge in [0.05, 0.1) is 4.90 Å². The van der Waals surface area contributed by atoms with E-state index in [1.807, 2.05) is 26.0 Å². The van der Waals surface area contributed by atoms with Gasteiger partial charge < -0.3 is 0 Å². The second-order valence-electron chi connectivity index (χ2n) is 5.64. The van der Waals surface area contributed by atoms with Crippen molar-refractivity contribution in [1.82, 2.24) is 4.31 Å². The summed E-state index contributed by atoms with van der Waals surface area (Å²) in [6, 6.07) is 7.23. The molecule has 0 aliphatic rings. The van der Waals surface area contributed by atoms with Crippen molar-refractivity contribution in [3.05, 3.63) is 29.8 Å². The molecular weight excluding hydrogens is 282 g/mol. The molecule has 0 heterocycles. The zero-order valence-corrected chi connectivity index (χ0v) is 14.6. The zero-order chi connectivity index (χ0) is 15.9. The molecule has 1 rings (SSSR count). The second-order valence-corrected chi connectivity index (χ2v) is 7.54. The van der Waals surface area contributed by atoms with Gasteiger partial charge in [-0.1, -0.05) is 58.2 Å². The van der Waals surface area contributed by atoms with Crippen LogP contribution in [0.25, 0.3) is 0 Å². The number of hydrogen-bond acceptors (Lipinski definition) is 2. The minimum Gasteiger partial charge on any atom is -0.207 e. The van der Waals surface area contributed by atoms with Crippen LogP contribution in [0.2, 0.25) is 0 Å². The summed E-state index contributed by atoms with van der Waals surface area (Å²) in [5.41, 5.74) is 0.817. The monoisotopic (exact) mass is 311 g/mol. The first-order chi connectivity index (χ1) is 9.97. The van der Waals surface area contributed by atoms with Crippen LogP contribution in [-0.2, 0) is 10.0 Å². The Kier molecular flexibility index (Phi) is 7.40. The molecule has 0 aliphatic heterocycles. The van der Waals surface area contributed by atoms with Gasteiger partial charge in [-0.05, 0) is 30.9 Å². The Bertz CT molecular complexity index is 525. The molecular formula is C17H29NO2S. The molecule has 0 amide bonds. The SMILES string of the molecule is CCCCC(CC)CN(CC)S(=O)(=O)c1ccccc1C. The maximum Gasteiger partial charge on any atom is 0.243 e. The molecule has 0 saturated heterocycles. The molecule has 0 aliphatic carbocycles. The highest BCUT2D eigenvalue weighted by Gasteiger charge is 2.26. The van der Waals surface area contributed by atoms with Crippen molar-refractivity contribution < 1.29 is 8.42 Å². The van der Waals surface area contributed by atoms with Crippen LogP contribution in [0, 0.1) is 12.8 Å². The summed E-state index contributed by atoms with van der Waals surface area (Å²) >= 11 is 0. The second kappa shape index (κ2) is 8.54. The van der Waals surface area contributed by atoms with Crippen molar-refractivity contribution in [2.75, 3.05) is 13.1 Å². The first-order valence-corrected chi connectivity index (χ1v) is 9.47. The highest BCUT2D eigenvalue weighted by Crippen LogP contribution is 2.22. The van der Waals surface area contributed by atoms with Crippen LogP contribution in [0.1, 0.15) is 52.0 Å². The van der Waals surface area contributed by atoms with Gasteiger partial charge in [-0.25, -0.2) is 8.42 Å². The Morgan fingerprint density at radius 3 is 2.33 bits per heavy atom. The van der Waals surface area contributed by atoms with E-state index in [1.165, 1.54) is 6.42 Å². The molecule has 0 aromatic heterocycles. The van der Waals surface area contributed by atoms with Gasteiger partial charge >= 0.3 is 0 Å². The van der Waals surface area contributed by atoms with Gasteiger partial charge in [-0.2, -0.15) is 4.31 Å². The standard InChI is InChI=1S/C17H29NO2S/c1-5-8-12-16(6-2)14-18(7-3)21(19,20)17-13-10-9-11-15(17)4/h9-11,13,16H,5-8,12,14H2,1-4H3. The number of unbranched alkanes of at least 4 members (excludes halogenated alkanes) is 1. The summed E-state index contributed by atoms with van der Waals surface area (Å²) in [5, 5.41) is 0. The number of nitrogens with zero attached hydrogens (tertiary/aromatic N) is 1. The Balaban J connectivity index is 2.95. The first kappa shape index (κ1) is 18.2. The summed E-state index contributed by atoms with van der Waals surface area (Å²) in [6.45, 7) is 9.25. The highest BCUT2D eigenvalue weighted by molar-refractivity contribution is 7.89. The third-order valence-corrected chi connectivity index (χ3v) is 6.17. The predicted octanol–water partition coefficient (Wildman–Crippen LogP) is 4.22. The van der Waals surface area contributed by atoms with Crippen molar-refractivity contribution in [3.8, 4) is 0 Å². The molecule has 1 atom stereocenters. The minimum absolute atomic E-state index is 0.442. The van der Waals surface area contributed by atoms with Gasteiger partial charge in [0, 0.05) is 13.1 Å². The van der Waals surface area contributed by atoms with Gasteiger partial charge in [0.15, 0.2) is 0 Å². The molecule has 0 saturated carbocycles. The maximum absolute atomic E-state index is 12.8. The van der Waals surface area contributed by atoms with Gasteiger partial charge in [-0.15, -0.1) is 0 Å². The van der Waals surface area contributed by atoms with E-state index in [4.69, 9.17) is 0 Å². The highest BCUT2D eigenvalue weighted by atomic mass is 32.2. The van der Waals surface area contributed by atoms with Crippen LogP contribution in [0.4, 0.5) is 0 Å². The lowest BCUT2D eigenvalue weighted by Gasteiger charge is -2.26. The van der Waals surface area contributed by atoms with Crippen molar-refractivity contribution in [1.29, 1.82) is 0 Å². The fraction of sp³-hybridized carbons (Fsp3) is 0.647. The van der Waals surface area contributed by atoms with Crippen LogP contribution < -0.4 is 0 Å². The third kappa shape index (κ3) is 4.82. The summed E-state index contributed by atoms with van der Waals surface area (Å²) in [6.07, 6.45) is 4.46. The average molecular weight is 311 g/mol. The molecule has 1 aromatic carbocycles. The minimum atomic E-state index is -3.38. The van der Waals surface area contributed by atoms with Crippen molar-refractivity contribution in [2.24, 2.45) is 5.92 Å². The topological polar surface area (TPSA) is 37.4 Å². The van der Waals surface area contributed by atoms with Crippen LogP contribution in [0.3, 0.4) is 0 Å². The molecule has 3 nitrogen and oxygen atoms in total. The molecule has 1 aromatic rings. The van der Waals surface area contributed by atoms with Crippen LogP contribution in [0.5, 0.6) is 0 Å². The lowest BCUT2D eigenvalue weighted by atomic mass is 9.99. The van der Waals surface area contributed by atoms with Gasteiger partial charge in [0.2, 0.25) is 10.0 Å². The van der Waals surface area contributed by atoms with Crippen LogP contribution in [-0.4, -0.2) is 25.8 Å². The Hall–Kier alpha value is -0.870. The summed E-state index contributed by atoms with van der Waals surface area (Å²) < 4.78 is 27.3. The van der Waals surface area contributed by atoms with E-state index in [0.717, 1.165) is 24.8 Å². The maximum atomic E-state index is 12.8. The Labute approximate surface area is 130 Å². The number of aryl methyl sites for hydroxylation is 1. The molecule has 1 unspecified atom stereocenters. The van der Waals surface area contributed by atoms with E-state index in [-0.39, 0.29) is 0 Å². The van der Waals surface area contributed by atoms with Gasteiger partial charge in [0.25, 0.3) is 0 Å². The zero-order valence-electron chi connectivity index (χ0n) is 13.8. The average Bonchev–Trinajstić information content (AvgIpc) is 2.47. The fourth-order valence-corrected chi connectivity index (χ4v) is 4.34. The van der Waals surface area contributed by atoms with Crippen molar-refractivity contribution in [3.63, 3.8) is 0 Å². The molecule has 120 valence electrons. The Morgan fingerprint density at radius 1 is 1.14 bits per heavy atom. The van der Waals surface area contributed by atoms with E-state index in [2.05, 4.69) is 13.8 Å². The normalized spacial score (nSPS) is 13.6. The van der Waals surface area contributed by atoms with Crippen molar-refractivity contribution in [2.45, 2.75) is 58.3 Å². The largest absolute Gasteiger partial charge is 0.243 e. The van der Waals surface area contributed by atoms with Crippen molar-refractivity contribution >= 4 is 10.0 Å². The van der Waals surface area contributed by atoms with E-state index in [1.54, 1.807) is 16.4 Å². The van der Waals surface area contributed by atoms with E-state index < -0.39 is 10.0 Å². The fourth-order valence-electron chi connectivity index (χ4n) is 2.59. The van der Waals surface area contributed by atoms with Gasteiger partial charge in [0.1, 0.15) is 0 Å². The lowest BCUT2D eigenvalue weighted by Crippen LogP contribution is -2.35. The smallest absolute Gasteiger partial charge is 0.207 e. The van der Waals surface area contributed by atoms with Crippen LogP contribution >= 0.6 is 0 Å². The number of benzene rings is 1. The quantitative estimate of drug-likeness (QED) is 0.684. The summed E-state index contributed by atoms with van der Waals surface area (Å²) in [5.74, 6) is 0.448. The van der Waals surface area contributed by atoms with Gasteiger partial charge in [-0.3, -0.25) is 0 Å². The Morgan fingerprint density at radius 2 is 1.81 bits per heavy atom. The molecule has 4 heteroatoms. The molecule has 0 spiro atoms.